The van der Waals surface area contributed by atoms with Gasteiger partial charge in [-0.1, -0.05) is 11.6 Å². The van der Waals surface area contributed by atoms with Crippen molar-refractivity contribution in [3.05, 3.63) is 34.9 Å². The molecule has 2 nitrogen and oxygen atoms in total. The summed E-state index contributed by atoms with van der Waals surface area (Å²) < 4.78 is 0. The average molecular weight is 169 g/mol. The van der Waals surface area contributed by atoms with Crippen LogP contribution < -0.4 is 0 Å². The van der Waals surface area contributed by atoms with Crippen LogP contribution in [-0.2, 0) is 0 Å². The third-order valence-corrected chi connectivity index (χ3v) is 1.59. The number of benzene rings is 1. The monoisotopic (exact) mass is 169 g/mol. The maximum atomic E-state index is 10.6. The highest BCUT2D eigenvalue weighted by molar-refractivity contribution is 5.79. The molecule has 13 heavy (non-hydrogen) atoms. The summed E-state index contributed by atoms with van der Waals surface area (Å²) in [6, 6.07) is 7.04. The highest BCUT2D eigenvalue weighted by Gasteiger charge is 1.97. The van der Waals surface area contributed by atoms with Crippen LogP contribution in [0.1, 0.15) is 21.5 Å². The molecule has 0 saturated carbocycles. The minimum absolute atomic E-state index is 0.530. The predicted molar refractivity (Wildman–Crippen MR) is 49.1 cm³/mol. The molecule has 1 aromatic carbocycles. The first-order valence-electron chi connectivity index (χ1n) is 3.74. The lowest BCUT2D eigenvalue weighted by Gasteiger charge is -1.96. The first-order chi connectivity index (χ1) is 6.27. The van der Waals surface area contributed by atoms with Gasteiger partial charge in [0.2, 0.25) is 0 Å². The summed E-state index contributed by atoms with van der Waals surface area (Å²) in [5.74, 6) is 4.85. The lowest BCUT2D eigenvalue weighted by Crippen LogP contribution is -1.87. The summed E-state index contributed by atoms with van der Waals surface area (Å²) in [5, 5.41) is 8.23. The van der Waals surface area contributed by atoms with E-state index >= 15 is 0 Å². The molecule has 0 bridgehead atoms. The van der Waals surface area contributed by atoms with Gasteiger partial charge in [0.25, 0.3) is 0 Å². The van der Waals surface area contributed by atoms with E-state index < -0.39 is 0 Å². The van der Waals surface area contributed by atoms with Crippen molar-refractivity contribution in [2.75, 3.05) is 0 Å². The fourth-order valence-corrected chi connectivity index (χ4v) is 0.989. The molecular weight excluding hydrogens is 162 g/mol. The lowest BCUT2D eigenvalue weighted by atomic mass is 10.1. The molecule has 0 aromatic heterocycles. The van der Waals surface area contributed by atoms with E-state index in [1.165, 1.54) is 0 Å². The van der Waals surface area contributed by atoms with E-state index in [0.29, 0.717) is 11.1 Å². The number of aryl methyl sites for hydroxylation is 1. The molecule has 0 spiro atoms. The normalized spacial score (nSPS) is 8.00. The molecule has 1 rings (SSSR count). The van der Waals surface area contributed by atoms with Crippen molar-refractivity contribution in [1.82, 2.24) is 0 Å². The number of hydrogen-bond acceptors (Lipinski definition) is 2. The third-order valence-electron chi connectivity index (χ3n) is 1.59. The maximum absolute atomic E-state index is 10.6. The Hall–Kier alpha value is -2.06. The number of rotatable bonds is 1. The quantitative estimate of drug-likeness (QED) is 0.474. The summed E-state index contributed by atoms with van der Waals surface area (Å²) in [4.78, 5) is 10.6. The molecule has 0 fully saturated rings. The third kappa shape index (κ3) is 2.18. The summed E-state index contributed by atoms with van der Waals surface area (Å²) in [7, 11) is 0. The molecule has 0 saturated heterocycles. The number of carbonyl (C=O) groups excluding carboxylic acids is 1. The van der Waals surface area contributed by atoms with Crippen molar-refractivity contribution in [3.63, 3.8) is 0 Å². The van der Waals surface area contributed by atoms with Gasteiger partial charge >= 0.3 is 0 Å². The number of carbonyl (C=O) groups is 1. The van der Waals surface area contributed by atoms with Crippen molar-refractivity contribution in [1.29, 1.82) is 5.26 Å². The van der Waals surface area contributed by atoms with Crippen molar-refractivity contribution in [3.8, 4) is 17.9 Å². The van der Waals surface area contributed by atoms with E-state index in [9.17, 15) is 4.79 Å². The summed E-state index contributed by atoms with van der Waals surface area (Å²) >= 11 is 0. The van der Waals surface area contributed by atoms with Crippen molar-refractivity contribution < 1.29 is 4.79 Å². The molecule has 0 aliphatic heterocycles. The Morgan fingerprint density at radius 2 is 2.23 bits per heavy atom. The number of hydrogen-bond donors (Lipinski definition) is 0. The van der Waals surface area contributed by atoms with Crippen molar-refractivity contribution in [2.24, 2.45) is 0 Å². The van der Waals surface area contributed by atoms with Crippen molar-refractivity contribution in [2.45, 2.75) is 6.92 Å². The molecule has 0 aliphatic rings. The number of aldehydes is 1. The average Bonchev–Trinajstić information content (AvgIpc) is 2.16. The second kappa shape index (κ2) is 4.09. The van der Waals surface area contributed by atoms with Crippen LogP contribution in [0.15, 0.2) is 18.2 Å². The van der Waals surface area contributed by atoms with Gasteiger partial charge in [0, 0.05) is 17.0 Å². The van der Waals surface area contributed by atoms with Crippen LogP contribution in [0.25, 0.3) is 0 Å². The molecule has 62 valence electrons. The Kier molecular flexibility index (Phi) is 2.84. The zero-order valence-corrected chi connectivity index (χ0v) is 7.16. The second-order valence-electron chi connectivity index (χ2n) is 2.57. The molecule has 0 atom stereocenters. The SMILES string of the molecule is Cc1ccc(C#CC#N)c(C=O)c1. The Morgan fingerprint density at radius 1 is 1.46 bits per heavy atom. The van der Waals surface area contributed by atoms with Gasteiger partial charge in [-0.15, -0.1) is 0 Å². The van der Waals surface area contributed by atoms with E-state index in [4.69, 9.17) is 5.26 Å². The lowest BCUT2D eigenvalue weighted by molar-refractivity contribution is 0.112. The van der Waals surface area contributed by atoms with Gasteiger partial charge in [0.05, 0.1) is 0 Å². The molecule has 1 aromatic rings. The minimum atomic E-state index is 0.530. The topological polar surface area (TPSA) is 40.9 Å². The van der Waals surface area contributed by atoms with E-state index in [1.807, 2.05) is 13.0 Å². The Balaban J connectivity index is 3.23. The molecule has 0 amide bonds. The van der Waals surface area contributed by atoms with E-state index in [2.05, 4.69) is 11.8 Å². The van der Waals surface area contributed by atoms with Gasteiger partial charge in [-0.25, -0.2) is 0 Å². The van der Waals surface area contributed by atoms with Gasteiger partial charge in [0.1, 0.15) is 0 Å². The Morgan fingerprint density at radius 3 is 2.85 bits per heavy atom. The van der Waals surface area contributed by atoms with Crippen LogP contribution in [0.5, 0.6) is 0 Å². The van der Waals surface area contributed by atoms with Crippen LogP contribution in [0, 0.1) is 30.1 Å². The zero-order valence-electron chi connectivity index (χ0n) is 7.16. The smallest absolute Gasteiger partial charge is 0.152 e. The van der Waals surface area contributed by atoms with Crippen LogP contribution in [-0.4, -0.2) is 6.29 Å². The number of nitriles is 1. The van der Waals surface area contributed by atoms with E-state index in [-0.39, 0.29) is 0 Å². The largest absolute Gasteiger partial charge is 0.298 e. The first kappa shape index (κ1) is 9.03. The Bertz CT molecular complexity index is 430. The summed E-state index contributed by atoms with van der Waals surface area (Å²) in [6.45, 7) is 1.90. The minimum Gasteiger partial charge on any atom is -0.298 e. The van der Waals surface area contributed by atoms with E-state index in [1.54, 1.807) is 18.2 Å². The predicted octanol–water partition coefficient (Wildman–Crippen LogP) is 1.68. The van der Waals surface area contributed by atoms with Crippen LogP contribution in [0.3, 0.4) is 0 Å². The highest BCUT2D eigenvalue weighted by atomic mass is 16.1. The van der Waals surface area contributed by atoms with Gasteiger partial charge < -0.3 is 0 Å². The van der Waals surface area contributed by atoms with Crippen LogP contribution in [0.4, 0.5) is 0 Å². The molecule has 0 N–H and O–H groups in total. The molecule has 0 unspecified atom stereocenters. The van der Waals surface area contributed by atoms with Gasteiger partial charge in [-0.05, 0) is 25.0 Å². The standard InChI is InChI=1S/C11H7NO/c1-9-4-5-10(3-2-6-12)11(7-9)8-13/h4-5,7-8H,1H3. The maximum Gasteiger partial charge on any atom is 0.152 e. The van der Waals surface area contributed by atoms with Crippen LogP contribution >= 0.6 is 0 Å². The second-order valence-corrected chi connectivity index (χ2v) is 2.57. The highest BCUT2D eigenvalue weighted by Crippen LogP contribution is 2.07. The van der Waals surface area contributed by atoms with Crippen molar-refractivity contribution >= 4 is 6.29 Å². The van der Waals surface area contributed by atoms with Gasteiger partial charge in [0.15, 0.2) is 12.4 Å². The van der Waals surface area contributed by atoms with Crippen LogP contribution in [0.2, 0.25) is 0 Å². The molecule has 2 heteroatoms. The first-order valence-corrected chi connectivity index (χ1v) is 3.74. The summed E-state index contributed by atoms with van der Waals surface area (Å²) in [6.07, 6.45) is 0.744. The molecule has 0 aliphatic carbocycles. The Labute approximate surface area is 76.8 Å². The van der Waals surface area contributed by atoms with E-state index in [0.717, 1.165) is 11.8 Å². The van der Waals surface area contributed by atoms with Gasteiger partial charge in [-0.3, -0.25) is 4.79 Å². The van der Waals surface area contributed by atoms with Gasteiger partial charge in [-0.2, -0.15) is 5.26 Å². The fourth-order valence-electron chi connectivity index (χ4n) is 0.989. The fraction of sp³-hybridized carbons (Fsp3) is 0.0909. The number of nitrogens with zero attached hydrogens (tertiary/aromatic N) is 1. The molecule has 0 heterocycles. The molecular formula is C11H7NO. The molecule has 0 radical (unpaired) electrons. The summed E-state index contributed by atoms with van der Waals surface area (Å²) in [5.41, 5.74) is 2.13. The zero-order chi connectivity index (χ0) is 9.68.